The summed E-state index contributed by atoms with van der Waals surface area (Å²) in [6, 6.07) is 2.65. The summed E-state index contributed by atoms with van der Waals surface area (Å²) in [6.45, 7) is 4.18. The predicted molar refractivity (Wildman–Crippen MR) is 164 cm³/mol. The van der Waals surface area contributed by atoms with Gasteiger partial charge in [-0.25, -0.2) is 9.97 Å². The predicted octanol–water partition coefficient (Wildman–Crippen LogP) is 4.35. The van der Waals surface area contributed by atoms with Crippen LogP contribution >= 0.6 is 11.3 Å². The van der Waals surface area contributed by atoms with Gasteiger partial charge in [0.15, 0.2) is 16.6 Å². The molecule has 1 aliphatic heterocycles. The van der Waals surface area contributed by atoms with Gasteiger partial charge in [0.25, 0.3) is 0 Å². The summed E-state index contributed by atoms with van der Waals surface area (Å²) < 4.78 is 6.49. The number of H-pyrrole nitrogens is 1. The van der Waals surface area contributed by atoms with Crippen molar-refractivity contribution < 1.29 is 14.3 Å². The molecule has 6 rings (SSSR count). The lowest BCUT2D eigenvalue weighted by Gasteiger charge is -2.32. The number of amides is 2. The number of hydrogen-bond donors (Lipinski definition) is 3. The van der Waals surface area contributed by atoms with E-state index in [0.717, 1.165) is 67.6 Å². The summed E-state index contributed by atoms with van der Waals surface area (Å²) in [7, 11) is 2.11. The van der Waals surface area contributed by atoms with Crippen molar-refractivity contribution in [3.05, 3.63) is 35.5 Å². The second-order valence-corrected chi connectivity index (χ2v) is 13.0. The Bertz CT molecular complexity index is 1420. The molecule has 1 saturated heterocycles. The second kappa shape index (κ2) is 12.8. The number of carbonyl (C=O) groups excluding carboxylic acids is 2. The first-order valence-electron chi connectivity index (χ1n) is 15.1. The van der Waals surface area contributed by atoms with Crippen LogP contribution in [0.2, 0.25) is 0 Å². The average Bonchev–Trinajstić information content (AvgIpc) is 3.66. The molecule has 12 heteroatoms. The molecular formula is C30H40N8O3S. The molecule has 3 N–H and O–H groups in total. The minimum Gasteiger partial charge on any atom is -0.489 e. The fourth-order valence-electron chi connectivity index (χ4n) is 5.95. The summed E-state index contributed by atoms with van der Waals surface area (Å²) in [5.41, 5.74) is 0.660. The first-order valence-corrected chi connectivity index (χ1v) is 15.9. The summed E-state index contributed by atoms with van der Waals surface area (Å²) in [4.78, 5) is 39.6. The Morgan fingerprint density at radius 1 is 1.19 bits per heavy atom. The highest BCUT2D eigenvalue weighted by atomic mass is 32.1. The van der Waals surface area contributed by atoms with Crippen molar-refractivity contribution >= 4 is 45.1 Å². The van der Waals surface area contributed by atoms with Gasteiger partial charge in [0.1, 0.15) is 11.1 Å². The van der Waals surface area contributed by atoms with Crippen LogP contribution < -0.4 is 15.4 Å². The molecule has 3 aliphatic rings. The van der Waals surface area contributed by atoms with Crippen LogP contribution in [0.25, 0.3) is 11.0 Å². The Morgan fingerprint density at radius 2 is 2.02 bits per heavy atom. The first-order chi connectivity index (χ1) is 20.4. The third-order valence-corrected chi connectivity index (χ3v) is 9.34. The Labute approximate surface area is 250 Å². The molecule has 0 bridgehead atoms. The number of fused-ring (bicyclic) bond motifs is 1. The maximum Gasteiger partial charge on any atom is 0.246 e. The van der Waals surface area contributed by atoms with Gasteiger partial charge < -0.3 is 20.3 Å². The molecule has 0 spiro atoms. The largest absolute Gasteiger partial charge is 0.489 e. The number of anilines is 2. The van der Waals surface area contributed by atoms with Crippen LogP contribution in [-0.4, -0.2) is 86.6 Å². The maximum atomic E-state index is 12.9. The lowest BCUT2D eigenvalue weighted by atomic mass is 9.87. The molecule has 2 amide bonds. The number of aryl methyl sites for hydroxylation is 1. The number of nitrogens with zero attached hydrogens (tertiary/aromatic N) is 5. The van der Waals surface area contributed by atoms with Gasteiger partial charge in [-0.1, -0.05) is 6.08 Å². The molecule has 0 radical (unpaired) electrons. The number of hydrogen-bond acceptors (Lipinski definition) is 9. The highest BCUT2D eigenvalue weighted by molar-refractivity contribution is 7.15. The van der Waals surface area contributed by atoms with Crippen LogP contribution in [0.5, 0.6) is 5.75 Å². The smallest absolute Gasteiger partial charge is 0.246 e. The quantitative estimate of drug-likeness (QED) is 0.297. The molecule has 1 atom stereocenters. The Hall–Kier alpha value is -3.51. The zero-order valence-electron chi connectivity index (χ0n) is 24.3. The van der Waals surface area contributed by atoms with Gasteiger partial charge in [0.2, 0.25) is 11.8 Å². The summed E-state index contributed by atoms with van der Waals surface area (Å²) >= 11 is 1.49. The van der Waals surface area contributed by atoms with Gasteiger partial charge >= 0.3 is 0 Å². The molecule has 3 aromatic heterocycles. The number of rotatable bonds is 10. The van der Waals surface area contributed by atoms with Gasteiger partial charge in [-0.3, -0.25) is 19.6 Å². The van der Waals surface area contributed by atoms with Crippen molar-refractivity contribution in [3.63, 3.8) is 0 Å². The van der Waals surface area contributed by atoms with Gasteiger partial charge in [0.05, 0.1) is 6.10 Å². The van der Waals surface area contributed by atoms with Gasteiger partial charge in [-0.05, 0) is 71.4 Å². The lowest BCUT2D eigenvalue weighted by molar-refractivity contribution is -0.127. The fourth-order valence-corrected chi connectivity index (χ4v) is 6.61. The van der Waals surface area contributed by atoms with Crippen molar-refractivity contribution in [3.8, 4) is 5.75 Å². The number of thiazole rings is 1. The molecule has 0 unspecified atom stereocenters. The number of pyridine rings is 1. The highest BCUT2D eigenvalue weighted by Gasteiger charge is 2.30. The zero-order valence-corrected chi connectivity index (χ0v) is 25.2. The minimum atomic E-state index is -0.0384. The Kier molecular flexibility index (Phi) is 8.71. The molecule has 3 aromatic rings. The number of likely N-dealkylation sites (N-methyl/N-ethyl adjacent to an activating group) is 1. The number of likely N-dealkylation sites (tertiary alicyclic amines) is 1. The number of nitrogens with one attached hydrogen (secondary N) is 3. The van der Waals surface area contributed by atoms with Crippen LogP contribution in [0, 0.1) is 12.8 Å². The summed E-state index contributed by atoms with van der Waals surface area (Å²) in [5.74, 6) is 1.49. The average molecular weight is 593 g/mol. The molecule has 0 aromatic carbocycles. The lowest BCUT2D eigenvalue weighted by Crippen LogP contribution is -2.44. The van der Waals surface area contributed by atoms with E-state index in [4.69, 9.17) is 4.74 Å². The number of aromatic nitrogens is 4. The van der Waals surface area contributed by atoms with E-state index in [9.17, 15) is 9.59 Å². The topological polar surface area (TPSA) is 128 Å². The Balaban J connectivity index is 1.04. The third-order valence-electron chi connectivity index (χ3n) is 8.51. The molecule has 2 saturated carbocycles. The molecule has 224 valence electrons. The van der Waals surface area contributed by atoms with Crippen molar-refractivity contribution in [2.24, 2.45) is 5.92 Å². The highest BCUT2D eigenvalue weighted by Crippen LogP contribution is 2.35. The molecule has 11 nitrogen and oxygen atoms in total. The fraction of sp³-hybridized carbons (Fsp3) is 0.567. The van der Waals surface area contributed by atoms with Crippen LogP contribution in [0.1, 0.15) is 56.2 Å². The van der Waals surface area contributed by atoms with Crippen molar-refractivity contribution in [2.75, 3.05) is 37.3 Å². The molecule has 3 fully saturated rings. The minimum absolute atomic E-state index is 0.0121. The maximum absolute atomic E-state index is 12.9. The molecule has 4 heterocycles. The number of aromatic amines is 1. The molecule has 42 heavy (non-hydrogen) atoms. The number of carbonyl (C=O) groups is 2. The number of ether oxygens (including phenoxy) is 1. The van der Waals surface area contributed by atoms with Gasteiger partial charge in [-0.2, -0.15) is 5.10 Å². The van der Waals surface area contributed by atoms with Crippen molar-refractivity contribution in [2.45, 2.75) is 76.5 Å². The van der Waals surface area contributed by atoms with Crippen LogP contribution in [0.3, 0.4) is 0 Å². The van der Waals surface area contributed by atoms with E-state index in [0.29, 0.717) is 29.2 Å². The van der Waals surface area contributed by atoms with E-state index in [1.807, 2.05) is 24.0 Å². The van der Waals surface area contributed by atoms with E-state index >= 15 is 0 Å². The molecule has 2 aliphatic carbocycles. The van der Waals surface area contributed by atoms with Crippen molar-refractivity contribution in [1.29, 1.82) is 0 Å². The SMILES string of the molecule is Cc1cnc(NC(=O)C2CCC(Oc3ccnc4[nH]nc(N[C@@H]5CCCN(C(=O)/C=C/CN(C)C6CC6)C5)c34)CC2)s1. The number of piperidine rings is 1. The third kappa shape index (κ3) is 6.92. The van der Waals surface area contributed by atoms with E-state index < -0.39 is 0 Å². The van der Waals surface area contributed by atoms with Crippen molar-refractivity contribution in [1.82, 2.24) is 30.0 Å². The normalized spacial score (nSPS) is 23.0. The van der Waals surface area contributed by atoms with Gasteiger partial charge in [0, 0.05) is 61.0 Å². The summed E-state index contributed by atoms with van der Waals surface area (Å²) in [6.07, 6.45) is 14.7. The first kappa shape index (κ1) is 28.6. The Morgan fingerprint density at radius 3 is 2.79 bits per heavy atom. The van der Waals surface area contributed by atoms with E-state index in [-0.39, 0.29) is 29.9 Å². The van der Waals surface area contributed by atoms with E-state index in [1.54, 1.807) is 18.5 Å². The van der Waals surface area contributed by atoms with Crippen LogP contribution in [0.15, 0.2) is 30.6 Å². The van der Waals surface area contributed by atoms with Gasteiger partial charge in [-0.15, -0.1) is 11.3 Å². The van der Waals surface area contributed by atoms with Crippen LogP contribution in [0.4, 0.5) is 10.9 Å². The summed E-state index contributed by atoms with van der Waals surface area (Å²) in [5, 5.41) is 15.6. The standard InChI is InChI=1S/C30H40N8O3S/c1-19-17-32-30(42-19)34-29(40)20-7-11-23(12-8-20)41-24-13-14-31-27-26(24)28(36-35-27)33-21-5-3-16-38(18-21)25(39)6-4-15-37(2)22-9-10-22/h4,6,13-14,17,20-23H,3,5,7-12,15-16,18H2,1-2H3,(H,32,34,40)(H2,31,33,35,36)/b6-4+/t20?,21-,23?/m1/s1. The van der Waals surface area contributed by atoms with Crippen LogP contribution in [-0.2, 0) is 9.59 Å². The molecular weight excluding hydrogens is 552 g/mol. The van der Waals surface area contributed by atoms with E-state index in [2.05, 4.69) is 42.7 Å². The zero-order chi connectivity index (χ0) is 29.1. The second-order valence-electron chi connectivity index (χ2n) is 11.8. The monoisotopic (exact) mass is 592 g/mol. The van der Waals surface area contributed by atoms with E-state index in [1.165, 1.54) is 24.2 Å².